The number of ether oxygens (including phenoxy) is 4. The van der Waals surface area contributed by atoms with Crippen molar-refractivity contribution in [3.63, 3.8) is 0 Å². The number of halogens is 1. The monoisotopic (exact) mass is 489 g/mol. The normalized spacial score (nSPS) is 33.8. The third-order valence-corrected chi connectivity index (χ3v) is 6.91. The Kier molecular flexibility index (Phi) is 6.65. The van der Waals surface area contributed by atoms with Crippen LogP contribution in [-0.2, 0) is 24.7 Å². The van der Waals surface area contributed by atoms with Gasteiger partial charge in [-0.1, -0.05) is 48.0 Å². The van der Waals surface area contributed by atoms with Crippen LogP contribution in [0, 0.1) is 0 Å². The van der Waals surface area contributed by atoms with E-state index in [0.29, 0.717) is 35.3 Å². The molecule has 3 heterocycles. The maximum Gasteiger partial charge on any atom is 0.228 e. The summed E-state index contributed by atoms with van der Waals surface area (Å²) in [4.78, 5) is 4.59. The zero-order valence-corrected chi connectivity index (χ0v) is 19.5. The molecular weight excluding hydrogens is 462 g/mol. The highest BCUT2D eigenvalue weighted by atomic mass is 35.5. The van der Waals surface area contributed by atoms with Crippen molar-refractivity contribution in [2.45, 2.75) is 55.7 Å². The van der Waals surface area contributed by atoms with Gasteiger partial charge in [0.1, 0.15) is 24.4 Å². The molecule has 7 atom stereocenters. The second kappa shape index (κ2) is 9.54. The van der Waals surface area contributed by atoms with Gasteiger partial charge in [0.25, 0.3) is 0 Å². The molecule has 3 aliphatic heterocycles. The Morgan fingerprint density at radius 2 is 1.97 bits per heavy atom. The molecule has 3 aliphatic rings. The Morgan fingerprint density at radius 3 is 2.68 bits per heavy atom. The molecule has 0 bridgehead atoms. The summed E-state index contributed by atoms with van der Waals surface area (Å²) >= 11 is 6.69. The summed E-state index contributed by atoms with van der Waals surface area (Å²) in [6.45, 7) is 2.32. The first-order valence-electron chi connectivity index (χ1n) is 11.4. The van der Waals surface area contributed by atoms with Gasteiger partial charge in [-0.2, -0.15) is 0 Å². The van der Waals surface area contributed by atoms with Crippen LogP contribution in [-0.4, -0.2) is 71.6 Å². The lowest BCUT2D eigenvalue weighted by atomic mass is 9.85. The second-order valence-corrected chi connectivity index (χ2v) is 9.24. The zero-order valence-electron chi connectivity index (χ0n) is 18.7. The molecule has 5 rings (SSSR count). The molecular formula is C25H28ClNO7. The van der Waals surface area contributed by atoms with E-state index in [0.717, 1.165) is 12.0 Å². The highest BCUT2D eigenvalue weighted by Crippen LogP contribution is 2.46. The average molecular weight is 490 g/mol. The first kappa shape index (κ1) is 23.7. The lowest BCUT2D eigenvalue weighted by molar-refractivity contribution is -0.262. The minimum Gasteiger partial charge on any atom is -0.469 e. The Hall–Kier alpha value is -2.04. The van der Waals surface area contributed by atoms with Gasteiger partial charge >= 0.3 is 0 Å². The van der Waals surface area contributed by atoms with Crippen molar-refractivity contribution in [1.29, 1.82) is 0 Å². The van der Waals surface area contributed by atoms with Crippen LogP contribution in [0.15, 0.2) is 53.5 Å². The fourth-order valence-corrected chi connectivity index (χ4v) is 5.08. The SMILES string of the molecule is CC1=NC2(c3ccc(Cl)c(C(O[C@H]4CCOC4)c4ccccc4)c3)O[C@H](CO)[C@@H](O)[C@H](O)C2O1. The lowest BCUT2D eigenvalue weighted by Gasteiger charge is -2.44. The summed E-state index contributed by atoms with van der Waals surface area (Å²) in [5.74, 6) is 0.310. The van der Waals surface area contributed by atoms with E-state index in [-0.39, 0.29) is 6.10 Å². The van der Waals surface area contributed by atoms with E-state index >= 15 is 0 Å². The number of nitrogens with zero attached hydrogens (tertiary/aromatic N) is 1. The molecule has 9 heteroatoms. The molecule has 0 aromatic heterocycles. The fourth-order valence-electron chi connectivity index (χ4n) is 4.86. The molecule has 3 N–H and O–H groups in total. The maximum absolute atomic E-state index is 10.8. The van der Waals surface area contributed by atoms with Crippen molar-refractivity contribution in [2.75, 3.05) is 19.8 Å². The topological polar surface area (TPSA) is 110 Å². The number of aliphatic hydroxyl groups excluding tert-OH is 3. The smallest absolute Gasteiger partial charge is 0.228 e. The third-order valence-electron chi connectivity index (χ3n) is 6.57. The van der Waals surface area contributed by atoms with Gasteiger partial charge in [-0.25, -0.2) is 4.99 Å². The maximum atomic E-state index is 10.8. The molecule has 2 aromatic carbocycles. The largest absolute Gasteiger partial charge is 0.469 e. The van der Waals surface area contributed by atoms with E-state index in [2.05, 4.69) is 4.99 Å². The molecule has 0 amide bonds. The molecule has 3 unspecified atom stereocenters. The molecule has 0 aliphatic carbocycles. The van der Waals surface area contributed by atoms with E-state index in [1.54, 1.807) is 19.1 Å². The molecule has 0 spiro atoms. The van der Waals surface area contributed by atoms with Crippen LogP contribution in [0.5, 0.6) is 0 Å². The predicted molar refractivity (Wildman–Crippen MR) is 124 cm³/mol. The van der Waals surface area contributed by atoms with Crippen molar-refractivity contribution in [3.8, 4) is 0 Å². The Morgan fingerprint density at radius 1 is 1.18 bits per heavy atom. The quantitative estimate of drug-likeness (QED) is 0.571. The van der Waals surface area contributed by atoms with Crippen molar-refractivity contribution in [1.82, 2.24) is 0 Å². The number of aliphatic hydroxyl groups is 3. The molecule has 0 radical (unpaired) electrons. The standard InChI is InChI=1S/C25H28ClNO7/c1-14-27-25(24(32-14)22(30)21(29)20(12-28)34-25)16-7-8-19(26)18(11-16)23(15-5-3-2-4-6-15)33-17-9-10-31-13-17/h2-8,11,17,20-24,28-30H,9-10,12-13H2,1H3/t17-,20+,21+,22-,23?,24?,25?/m0/s1. The van der Waals surface area contributed by atoms with Crippen LogP contribution in [0.1, 0.15) is 36.1 Å². The van der Waals surface area contributed by atoms with E-state index in [1.807, 2.05) is 36.4 Å². The zero-order chi connectivity index (χ0) is 23.9. The molecule has 2 saturated heterocycles. The number of rotatable bonds is 6. The van der Waals surface area contributed by atoms with Crippen molar-refractivity contribution in [3.05, 3.63) is 70.2 Å². The summed E-state index contributed by atoms with van der Waals surface area (Å²) in [7, 11) is 0. The van der Waals surface area contributed by atoms with E-state index in [1.165, 1.54) is 0 Å². The molecule has 8 nitrogen and oxygen atoms in total. The van der Waals surface area contributed by atoms with Crippen LogP contribution < -0.4 is 0 Å². The average Bonchev–Trinajstić information content (AvgIpc) is 3.49. The van der Waals surface area contributed by atoms with Gasteiger partial charge in [0.15, 0.2) is 12.0 Å². The second-order valence-electron chi connectivity index (χ2n) is 8.83. The first-order valence-corrected chi connectivity index (χ1v) is 11.8. The predicted octanol–water partition coefficient (Wildman–Crippen LogP) is 2.32. The van der Waals surface area contributed by atoms with Gasteiger partial charge in [-0.15, -0.1) is 0 Å². The number of benzene rings is 2. The molecule has 2 fully saturated rings. The first-order chi connectivity index (χ1) is 16.4. The van der Waals surface area contributed by atoms with Gasteiger partial charge < -0.3 is 34.3 Å². The van der Waals surface area contributed by atoms with E-state index < -0.39 is 42.9 Å². The molecule has 182 valence electrons. The van der Waals surface area contributed by atoms with Gasteiger partial charge in [0.05, 0.1) is 19.3 Å². The molecule has 0 saturated carbocycles. The molecule has 2 aromatic rings. The summed E-state index contributed by atoms with van der Waals surface area (Å²) in [6, 6.07) is 15.1. The third kappa shape index (κ3) is 4.13. The summed E-state index contributed by atoms with van der Waals surface area (Å²) < 4.78 is 23.9. The fraction of sp³-hybridized carbons (Fsp3) is 0.480. The summed E-state index contributed by atoms with van der Waals surface area (Å²) in [5.41, 5.74) is 0.756. The lowest BCUT2D eigenvalue weighted by Crippen LogP contribution is -2.61. The Bertz CT molecular complexity index is 1040. The van der Waals surface area contributed by atoms with Gasteiger partial charge in [-0.05, 0) is 24.1 Å². The highest BCUT2D eigenvalue weighted by Gasteiger charge is 2.59. The van der Waals surface area contributed by atoms with Crippen LogP contribution in [0.25, 0.3) is 0 Å². The number of fused-ring (bicyclic) bond motifs is 1. The minimum atomic E-state index is -1.45. The van der Waals surface area contributed by atoms with Crippen molar-refractivity contribution >= 4 is 17.5 Å². The molecule has 34 heavy (non-hydrogen) atoms. The van der Waals surface area contributed by atoms with Gasteiger partial charge in [0.2, 0.25) is 5.72 Å². The van der Waals surface area contributed by atoms with Crippen molar-refractivity contribution in [2.24, 2.45) is 4.99 Å². The van der Waals surface area contributed by atoms with Crippen LogP contribution in [0.3, 0.4) is 0 Å². The van der Waals surface area contributed by atoms with Gasteiger partial charge in [-0.3, -0.25) is 0 Å². The number of hydrogen-bond donors (Lipinski definition) is 3. The van der Waals surface area contributed by atoms with E-state index in [9.17, 15) is 15.3 Å². The summed E-state index contributed by atoms with van der Waals surface area (Å²) in [6.07, 6.45) is -4.43. The minimum absolute atomic E-state index is 0.0763. The van der Waals surface area contributed by atoms with Crippen LogP contribution >= 0.6 is 11.6 Å². The Labute approximate surface area is 202 Å². The van der Waals surface area contributed by atoms with Crippen molar-refractivity contribution < 1.29 is 34.3 Å². The highest BCUT2D eigenvalue weighted by molar-refractivity contribution is 6.31. The van der Waals surface area contributed by atoms with Gasteiger partial charge in [0, 0.05) is 29.7 Å². The van der Waals surface area contributed by atoms with Crippen LogP contribution in [0.2, 0.25) is 5.02 Å². The summed E-state index contributed by atoms with van der Waals surface area (Å²) in [5, 5.41) is 31.5. The van der Waals surface area contributed by atoms with E-state index in [4.69, 9.17) is 30.5 Å². The Balaban J connectivity index is 1.59. The van der Waals surface area contributed by atoms with Crippen LogP contribution in [0.4, 0.5) is 0 Å². The number of aliphatic imine (C=N–C) groups is 1. The number of hydrogen-bond acceptors (Lipinski definition) is 8.